The molecule has 0 fully saturated rings. The Labute approximate surface area is 119 Å². The third-order valence-electron chi connectivity index (χ3n) is 2.46. The van der Waals surface area contributed by atoms with Crippen molar-refractivity contribution < 1.29 is 9.66 Å². The summed E-state index contributed by atoms with van der Waals surface area (Å²) in [6.45, 7) is 0. The highest BCUT2D eigenvalue weighted by molar-refractivity contribution is 6.32. The summed E-state index contributed by atoms with van der Waals surface area (Å²) in [4.78, 5) is 10.5. The lowest BCUT2D eigenvalue weighted by Crippen LogP contribution is -1.96. The zero-order valence-corrected chi connectivity index (χ0v) is 10.9. The van der Waals surface area contributed by atoms with Gasteiger partial charge in [0.1, 0.15) is 5.75 Å². The molecule has 0 amide bonds. The average molecular weight is 292 g/mol. The van der Waals surface area contributed by atoms with Crippen molar-refractivity contribution in [1.82, 2.24) is 0 Å². The van der Waals surface area contributed by atoms with Gasteiger partial charge in [0.2, 0.25) is 5.75 Å². The van der Waals surface area contributed by atoms with Crippen LogP contribution in [0.4, 0.5) is 5.69 Å². The van der Waals surface area contributed by atoms with Crippen LogP contribution in [0.5, 0.6) is 11.5 Å². The fourth-order valence-electron chi connectivity index (χ4n) is 1.58. The van der Waals surface area contributed by atoms with Crippen LogP contribution in [-0.4, -0.2) is 11.1 Å². The van der Waals surface area contributed by atoms with Crippen molar-refractivity contribution >= 4 is 23.5 Å². The van der Waals surface area contributed by atoms with Crippen molar-refractivity contribution in [2.24, 2.45) is 10.9 Å². The van der Waals surface area contributed by atoms with Gasteiger partial charge in [0.25, 0.3) is 0 Å². The second-order valence-electron chi connectivity index (χ2n) is 3.79. The predicted octanol–water partition coefficient (Wildman–Crippen LogP) is 3.33. The lowest BCUT2D eigenvalue weighted by molar-refractivity contribution is -0.385. The number of para-hydroxylation sites is 1. The van der Waals surface area contributed by atoms with E-state index in [0.29, 0.717) is 16.3 Å². The van der Waals surface area contributed by atoms with Crippen molar-refractivity contribution in [3.63, 3.8) is 0 Å². The van der Waals surface area contributed by atoms with Crippen molar-refractivity contribution in [2.45, 2.75) is 0 Å². The first-order chi connectivity index (χ1) is 9.61. The van der Waals surface area contributed by atoms with Crippen molar-refractivity contribution in [2.75, 3.05) is 0 Å². The Hall–Kier alpha value is -2.60. The third-order valence-corrected chi connectivity index (χ3v) is 2.77. The Bertz CT molecular complexity index is 674. The Balaban J connectivity index is 2.41. The molecule has 2 aromatic rings. The highest BCUT2D eigenvalue weighted by Crippen LogP contribution is 2.34. The van der Waals surface area contributed by atoms with Crippen molar-refractivity contribution in [3.05, 3.63) is 63.2 Å². The monoisotopic (exact) mass is 291 g/mol. The van der Waals surface area contributed by atoms with Crippen LogP contribution < -0.4 is 10.6 Å². The van der Waals surface area contributed by atoms with E-state index in [9.17, 15) is 10.1 Å². The first-order valence-electron chi connectivity index (χ1n) is 5.56. The molecule has 0 aliphatic rings. The number of rotatable bonds is 4. The van der Waals surface area contributed by atoms with Crippen LogP contribution >= 0.6 is 11.6 Å². The molecular formula is C13H10ClN3O3. The van der Waals surface area contributed by atoms with Gasteiger partial charge in [-0.25, -0.2) is 0 Å². The molecule has 0 spiro atoms. The van der Waals surface area contributed by atoms with Crippen LogP contribution in [0.1, 0.15) is 5.56 Å². The molecule has 20 heavy (non-hydrogen) atoms. The number of hydrogen-bond acceptors (Lipinski definition) is 5. The second-order valence-corrected chi connectivity index (χ2v) is 4.20. The first-order valence-corrected chi connectivity index (χ1v) is 5.93. The first kappa shape index (κ1) is 13.8. The van der Waals surface area contributed by atoms with Crippen molar-refractivity contribution in [3.8, 4) is 11.5 Å². The zero-order valence-electron chi connectivity index (χ0n) is 10.2. The summed E-state index contributed by atoms with van der Waals surface area (Å²) in [5.74, 6) is 5.46. The number of halogens is 1. The van der Waals surface area contributed by atoms with Gasteiger partial charge in [-0.15, -0.1) is 0 Å². The van der Waals surface area contributed by atoms with Crippen LogP contribution in [0.2, 0.25) is 5.02 Å². The largest absolute Gasteiger partial charge is 0.449 e. The molecule has 7 heteroatoms. The normalized spacial score (nSPS) is 10.7. The zero-order chi connectivity index (χ0) is 14.5. The van der Waals surface area contributed by atoms with Gasteiger partial charge in [-0.1, -0.05) is 23.7 Å². The summed E-state index contributed by atoms with van der Waals surface area (Å²) in [6.07, 6.45) is 1.31. The highest BCUT2D eigenvalue weighted by atomic mass is 35.5. The van der Waals surface area contributed by atoms with E-state index < -0.39 is 4.92 Å². The number of benzene rings is 2. The lowest BCUT2D eigenvalue weighted by atomic mass is 10.2. The smallest absolute Gasteiger partial charge is 0.312 e. The second kappa shape index (κ2) is 6.03. The molecule has 0 bridgehead atoms. The SMILES string of the molecule is N/N=C\c1ccc(Oc2ccccc2Cl)c([N+](=O)[O-])c1. The van der Waals surface area contributed by atoms with Crippen LogP contribution in [0, 0.1) is 10.1 Å². The van der Waals surface area contributed by atoms with E-state index in [4.69, 9.17) is 22.2 Å². The summed E-state index contributed by atoms with van der Waals surface area (Å²) < 4.78 is 5.49. The van der Waals surface area contributed by atoms with Crippen LogP contribution in [0.15, 0.2) is 47.6 Å². The van der Waals surface area contributed by atoms with E-state index in [1.807, 2.05) is 0 Å². The molecule has 0 radical (unpaired) electrons. The Kier molecular flexibility index (Phi) is 4.17. The number of hydrazone groups is 1. The molecule has 2 N–H and O–H groups in total. The molecule has 0 unspecified atom stereocenters. The number of nitro groups is 1. The maximum Gasteiger partial charge on any atom is 0.312 e. The molecule has 2 aromatic carbocycles. The van der Waals surface area contributed by atoms with Crippen LogP contribution in [0.3, 0.4) is 0 Å². The van der Waals surface area contributed by atoms with Gasteiger partial charge in [-0.2, -0.15) is 5.10 Å². The molecule has 0 aliphatic carbocycles. The summed E-state index contributed by atoms with van der Waals surface area (Å²) in [6, 6.07) is 11.1. The van der Waals surface area contributed by atoms with Gasteiger partial charge in [-0.05, 0) is 24.3 Å². The van der Waals surface area contributed by atoms with E-state index in [1.165, 1.54) is 18.3 Å². The number of ether oxygens (including phenoxy) is 1. The molecular weight excluding hydrogens is 282 g/mol. The molecule has 102 valence electrons. The standard InChI is InChI=1S/C13H10ClN3O3/c14-10-3-1-2-4-12(10)20-13-6-5-9(8-16-15)7-11(13)17(18)19/h1-8H,15H2/b16-8-. The Morgan fingerprint density at radius 1 is 1.25 bits per heavy atom. The van der Waals surface area contributed by atoms with Gasteiger partial charge in [-0.3, -0.25) is 10.1 Å². The van der Waals surface area contributed by atoms with Gasteiger partial charge in [0.05, 0.1) is 16.2 Å². The topological polar surface area (TPSA) is 90.8 Å². The van der Waals surface area contributed by atoms with Crippen LogP contribution in [-0.2, 0) is 0 Å². The third kappa shape index (κ3) is 3.04. The Morgan fingerprint density at radius 2 is 2.00 bits per heavy atom. The maximum absolute atomic E-state index is 11.1. The van der Waals surface area contributed by atoms with Gasteiger partial charge < -0.3 is 10.6 Å². The molecule has 2 rings (SSSR count). The number of nitrogens with zero attached hydrogens (tertiary/aromatic N) is 2. The summed E-state index contributed by atoms with van der Waals surface area (Å²) in [7, 11) is 0. The van der Waals surface area contributed by atoms with E-state index in [1.54, 1.807) is 30.3 Å². The van der Waals surface area contributed by atoms with Crippen LogP contribution in [0.25, 0.3) is 0 Å². The quantitative estimate of drug-likeness (QED) is 0.405. The van der Waals surface area contributed by atoms with Crippen molar-refractivity contribution in [1.29, 1.82) is 0 Å². The number of nitro benzene ring substituents is 1. The molecule has 0 atom stereocenters. The molecule has 6 nitrogen and oxygen atoms in total. The highest BCUT2D eigenvalue weighted by Gasteiger charge is 2.17. The molecule has 0 saturated heterocycles. The molecule has 0 aromatic heterocycles. The summed E-state index contributed by atoms with van der Waals surface area (Å²) in [5, 5.41) is 14.8. The molecule has 0 aliphatic heterocycles. The average Bonchev–Trinajstić information content (AvgIpc) is 2.43. The minimum absolute atomic E-state index is 0.0947. The van der Waals surface area contributed by atoms with E-state index >= 15 is 0 Å². The van der Waals surface area contributed by atoms with E-state index in [0.717, 1.165) is 0 Å². The fourth-order valence-corrected chi connectivity index (χ4v) is 1.75. The van der Waals surface area contributed by atoms with Gasteiger partial charge >= 0.3 is 5.69 Å². The number of hydrogen-bond donors (Lipinski definition) is 1. The van der Waals surface area contributed by atoms with Gasteiger partial charge in [0, 0.05) is 11.6 Å². The predicted molar refractivity (Wildman–Crippen MR) is 76.4 cm³/mol. The summed E-state index contributed by atoms with van der Waals surface area (Å²) in [5.41, 5.74) is 0.313. The maximum atomic E-state index is 11.1. The minimum atomic E-state index is -0.542. The lowest BCUT2D eigenvalue weighted by Gasteiger charge is -2.08. The van der Waals surface area contributed by atoms with E-state index in [-0.39, 0.29) is 11.4 Å². The molecule has 0 heterocycles. The number of nitrogens with two attached hydrogens (primary N) is 1. The fraction of sp³-hybridized carbons (Fsp3) is 0. The summed E-state index contributed by atoms with van der Waals surface area (Å²) >= 11 is 5.95. The van der Waals surface area contributed by atoms with Gasteiger partial charge in [0.15, 0.2) is 0 Å². The minimum Gasteiger partial charge on any atom is -0.449 e. The molecule has 0 saturated carbocycles. The van der Waals surface area contributed by atoms with E-state index in [2.05, 4.69) is 5.10 Å². The Morgan fingerprint density at radius 3 is 2.65 bits per heavy atom.